The molecule has 0 spiro atoms. The summed E-state index contributed by atoms with van der Waals surface area (Å²) >= 11 is 0. The lowest BCUT2D eigenvalue weighted by Gasteiger charge is -2.10. The molecule has 0 N–H and O–H groups in total. The highest BCUT2D eigenvalue weighted by molar-refractivity contribution is 7.65. The van der Waals surface area contributed by atoms with Crippen LogP contribution in [0.2, 0.25) is 0 Å². The van der Waals surface area contributed by atoms with E-state index in [0.29, 0.717) is 0 Å². The summed E-state index contributed by atoms with van der Waals surface area (Å²) in [5.74, 6) is 5.94. The second kappa shape index (κ2) is 8.98. The zero-order chi connectivity index (χ0) is 13.1. The third-order valence-electron chi connectivity index (χ3n) is 1.27. The molecule has 0 fully saturated rings. The highest BCUT2D eigenvalue weighted by Crippen LogP contribution is 2.54. The SMILES string of the molecule is C#CCO[P+](=O)CP(=O)(OCC#C)OCC#C. The molecule has 0 aromatic carbocycles. The van der Waals surface area contributed by atoms with Crippen LogP contribution in [-0.2, 0) is 22.7 Å². The Kier molecular flexibility index (Phi) is 8.39. The smallest absolute Gasteiger partial charge is 0.292 e. The van der Waals surface area contributed by atoms with Crippen LogP contribution < -0.4 is 0 Å². The predicted molar refractivity (Wildman–Crippen MR) is 64.4 cm³/mol. The molecule has 90 valence electrons. The first-order valence-electron chi connectivity index (χ1n) is 4.34. The van der Waals surface area contributed by atoms with Gasteiger partial charge in [-0.2, -0.15) is 0 Å². The van der Waals surface area contributed by atoms with Gasteiger partial charge in [0.05, 0.1) is 0 Å². The zero-order valence-electron chi connectivity index (χ0n) is 9.00. The van der Waals surface area contributed by atoms with Crippen molar-refractivity contribution in [1.29, 1.82) is 0 Å². The zero-order valence-corrected chi connectivity index (χ0v) is 10.8. The Morgan fingerprint density at radius 3 is 1.88 bits per heavy atom. The summed E-state index contributed by atoms with van der Waals surface area (Å²) in [7, 11) is -5.86. The largest absolute Gasteiger partial charge is 0.522 e. The van der Waals surface area contributed by atoms with Gasteiger partial charge in [-0.25, -0.2) is 0 Å². The van der Waals surface area contributed by atoms with Crippen LogP contribution in [0, 0.1) is 37.0 Å². The van der Waals surface area contributed by atoms with Crippen molar-refractivity contribution in [2.45, 2.75) is 0 Å². The summed E-state index contributed by atoms with van der Waals surface area (Å²) in [4.78, 5) is 0. The van der Waals surface area contributed by atoms with Crippen LogP contribution in [0.25, 0.3) is 0 Å². The fraction of sp³-hybridized carbons (Fsp3) is 0.400. The highest BCUT2D eigenvalue weighted by Gasteiger charge is 2.37. The first kappa shape index (κ1) is 15.9. The van der Waals surface area contributed by atoms with Gasteiger partial charge in [-0.1, -0.05) is 17.8 Å². The van der Waals surface area contributed by atoms with Crippen molar-refractivity contribution in [1.82, 2.24) is 0 Å². The Morgan fingerprint density at radius 2 is 1.47 bits per heavy atom. The van der Waals surface area contributed by atoms with Crippen molar-refractivity contribution >= 4 is 15.6 Å². The van der Waals surface area contributed by atoms with Crippen molar-refractivity contribution in [3.8, 4) is 37.0 Å². The minimum atomic E-state index is -3.61. The van der Waals surface area contributed by atoms with E-state index in [4.69, 9.17) is 28.3 Å². The van der Waals surface area contributed by atoms with Gasteiger partial charge in [0.2, 0.25) is 0 Å². The Balaban J connectivity index is 4.44. The molecule has 0 aliphatic heterocycles. The lowest BCUT2D eigenvalue weighted by atomic mass is 10.8. The average Bonchev–Trinajstić information content (AvgIpc) is 2.31. The van der Waals surface area contributed by atoms with E-state index in [1.54, 1.807) is 0 Å². The molecule has 0 radical (unpaired) electrons. The highest BCUT2D eigenvalue weighted by atomic mass is 31.2. The van der Waals surface area contributed by atoms with E-state index in [9.17, 15) is 9.13 Å². The van der Waals surface area contributed by atoms with Crippen LogP contribution in [0.1, 0.15) is 0 Å². The molecule has 0 amide bonds. The van der Waals surface area contributed by atoms with E-state index in [1.165, 1.54) is 0 Å². The first-order chi connectivity index (χ1) is 8.08. The summed E-state index contributed by atoms with van der Waals surface area (Å²) in [5.41, 5.74) is 0. The van der Waals surface area contributed by atoms with E-state index in [0.717, 1.165) is 0 Å². The second-order valence-corrected chi connectivity index (χ2v) is 6.31. The molecule has 0 heterocycles. The lowest BCUT2D eigenvalue weighted by molar-refractivity contribution is 0.245. The summed E-state index contributed by atoms with van der Waals surface area (Å²) in [6.45, 7) is -0.625. The van der Waals surface area contributed by atoms with E-state index in [-0.39, 0.29) is 19.8 Å². The van der Waals surface area contributed by atoms with E-state index >= 15 is 0 Å². The molecular weight excluding hydrogens is 262 g/mol. The van der Waals surface area contributed by atoms with Crippen molar-refractivity contribution in [2.24, 2.45) is 0 Å². The van der Waals surface area contributed by atoms with Crippen LogP contribution in [0.4, 0.5) is 0 Å². The number of hydrogen-bond donors (Lipinski definition) is 0. The normalized spacial score (nSPS) is 11.0. The summed E-state index contributed by atoms with van der Waals surface area (Å²) in [5, 5.41) is 0. The fourth-order valence-electron chi connectivity index (χ4n) is 0.682. The molecule has 5 nitrogen and oxygen atoms in total. The molecule has 0 aliphatic carbocycles. The van der Waals surface area contributed by atoms with E-state index in [2.05, 4.69) is 22.3 Å². The van der Waals surface area contributed by atoms with Gasteiger partial charge in [0.25, 0.3) is 5.90 Å². The minimum absolute atomic E-state index is 0.153. The van der Waals surface area contributed by atoms with Crippen molar-refractivity contribution in [3.63, 3.8) is 0 Å². The van der Waals surface area contributed by atoms with Crippen LogP contribution in [0.3, 0.4) is 0 Å². The number of hydrogen-bond acceptors (Lipinski definition) is 5. The van der Waals surface area contributed by atoms with Gasteiger partial charge < -0.3 is 0 Å². The number of rotatable bonds is 8. The maximum absolute atomic E-state index is 12.0. The molecule has 1 unspecified atom stereocenters. The van der Waals surface area contributed by atoms with Crippen molar-refractivity contribution in [3.05, 3.63) is 0 Å². The molecule has 0 aliphatic rings. The summed E-state index contributed by atoms with van der Waals surface area (Å²) in [6, 6.07) is 0. The van der Waals surface area contributed by atoms with Gasteiger partial charge in [0.15, 0.2) is 6.61 Å². The topological polar surface area (TPSA) is 61.8 Å². The molecule has 1 atom stereocenters. The molecule has 17 heavy (non-hydrogen) atoms. The fourth-order valence-corrected chi connectivity index (χ4v) is 3.63. The van der Waals surface area contributed by atoms with E-state index in [1.807, 2.05) is 0 Å². The van der Waals surface area contributed by atoms with Gasteiger partial charge >= 0.3 is 15.6 Å². The Morgan fingerprint density at radius 1 is 1.00 bits per heavy atom. The Bertz CT molecular complexity index is 401. The van der Waals surface area contributed by atoms with Crippen molar-refractivity contribution < 1.29 is 22.7 Å². The summed E-state index contributed by atoms with van der Waals surface area (Å²) < 4.78 is 37.6. The van der Waals surface area contributed by atoms with Gasteiger partial charge in [-0.15, -0.1) is 23.8 Å². The van der Waals surface area contributed by atoms with Gasteiger partial charge in [-0.3, -0.25) is 13.6 Å². The summed E-state index contributed by atoms with van der Waals surface area (Å²) in [6.07, 6.45) is 14.8. The van der Waals surface area contributed by atoms with Crippen LogP contribution in [0.15, 0.2) is 0 Å². The van der Waals surface area contributed by atoms with Gasteiger partial charge in [-0.05, 0) is 4.57 Å². The standard InChI is InChI=1S/C10H11O5P2/c1-4-7-13-16(11)10-17(12,14-8-5-2)15-9-6-3/h1-3H,7-10H2/q+1. The molecule has 0 aromatic heterocycles. The number of terminal acetylenes is 3. The Hall–Kier alpha value is -1.11. The van der Waals surface area contributed by atoms with Gasteiger partial charge in [0.1, 0.15) is 13.2 Å². The molecule has 0 saturated heterocycles. The minimum Gasteiger partial charge on any atom is -0.292 e. The van der Waals surface area contributed by atoms with Crippen LogP contribution in [-0.4, -0.2) is 25.7 Å². The van der Waals surface area contributed by atoms with E-state index < -0.39 is 21.5 Å². The van der Waals surface area contributed by atoms with Crippen LogP contribution in [0.5, 0.6) is 0 Å². The average molecular weight is 273 g/mol. The third-order valence-corrected chi connectivity index (χ3v) is 5.04. The van der Waals surface area contributed by atoms with Crippen molar-refractivity contribution in [2.75, 3.05) is 25.7 Å². The molecule has 7 heteroatoms. The monoisotopic (exact) mass is 273 g/mol. The lowest BCUT2D eigenvalue weighted by Crippen LogP contribution is -2.00. The molecular formula is C10H11O5P2+. The molecule has 0 bridgehead atoms. The quantitative estimate of drug-likeness (QED) is 0.498. The van der Waals surface area contributed by atoms with Gasteiger partial charge in [0, 0.05) is 0 Å². The maximum Gasteiger partial charge on any atom is 0.522 e. The Labute approximate surface area is 102 Å². The first-order valence-corrected chi connectivity index (χ1v) is 7.43. The molecule has 0 rings (SSSR count). The predicted octanol–water partition coefficient (Wildman–Crippen LogP) is 1.83. The second-order valence-electron chi connectivity index (χ2n) is 2.52. The molecule has 0 saturated carbocycles. The van der Waals surface area contributed by atoms with Crippen LogP contribution >= 0.6 is 15.6 Å². The molecule has 0 aromatic rings. The third kappa shape index (κ3) is 7.73. The maximum atomic E-state index is 12.0.